The average Bonchev–Trinajstić information content (AvgIpc) is 3.04. The van der Waals surface area contributed by atoms with E-state index in [2.05, 4.69) is 9.88 Å². The molecule has 1 aromatic heterocycles. The van der Waals surface area contributed by atoms with E-state index in [0.29, 0.717) is 26.2 Å². The third-order valence-corrected chi connectivity index (χ3v) is 4.37. The standard InChI is InChI=1S/C14H15FN4OS/c15-11-3-1-2-10(12(11)16)13(20)18-5-7-19(8-6-18)14-17-4-9-21-14/h1-4,9H,5-8,16H2. The van der Waals surface area contributed by atoms with Gasteiger partial charge in [-0.1, -0.05) is 6.07 Å². The van der Waals surface area contributed by atoms with Crippen molar-refractivity contribution in [3.05, 3.63) is 41.2 Å². The molecule has 2 aromatic rings. The van der Waals surface area contributed by atoms with Gasteiger partial charge >= 0.3 is 0 Å². The Balaban J connectivity index is 1.69. The zero-order valence-corrected chi connectivity index (χ0v) is 12.1. The molecule has 1 aliphatic rings. The Morgan fingerprint density at radius 1 is 1.29 bits per heavy atom. The number of hydrogen-bond acceptors (Lipinski definition) is 5. The number of piperazine rings is 1. The lowest BCUT2D eigenvalue weighted by atomic mass is 10.1. The van der Waals surface area contributed by atoms with E-state index in [4.69, 9.17) is 5.73 Å². The van der Waals surface area contributed by atoms with Gasteiger partial charge in [-0.2, -0.15) is 0 Å². The summed E-state index contributed by atoms with van der Waals surface area (Å²) in [5.74, 6) is -0.770. The molecule has 1 fully saturated rings. The number of carbonyl (C=O) groups is 1. The van der Waals surface area contributed by atoms with Crippen LogP contribution in [0.5, 0.6) is 0 Å². The number of rotatable bonds is 2. The zero-order valence-electron chi connectivity index (χ0n) is 11.3. The van der Waals surface area contributed by atoms with Crippen LogP contribution in [0.2, 0.25) is 0 Å². The number of para-hydroxylation sites is 1. The minimum Gasteiger partial charge on any atom is -0.396 e. The molecule has 2 N–H and O–H groups in total. The van der Waals surface area contributed by atoms with Gasteiger partial charge in [-0.15, -0.1) is 11.3 Å². The minimum atomic E-state index is -0.553. The number of aromatic nitrogens is 1. The average molecular weight is 306 g/mol. The Labute approximate surface area is 125 Å². The highest BCUT2D eigenvalue weighted by Crippen LogP contribution is 2.21. The lowest BCUT2D eigenvalue weighted by Gasteiger charge is -2.34. The van der Waals surface area contributed by atoms with Crippen LogP contribution in [-0.4, -0.2) is 42.0 Å². The predicted molar refractivity (Wildman–Crippen MR) is 81.0 cm³/mol. The molecule has 1 aliphatic heterocycles. The zero-order chi connectivity index (χ0) is 14.8. The Kier molecular flexibility index (Phi) is 3.74. The molecule has 0 atom stereocenters. The fourth-order valence-corrected chi connectivity index (χ4v) is 3.06. The van der Waals surface area contributed by atoms with E-state index in [1.165, 1.54) is 12.1 Å². The van der Waals surface area contributed by atoms with Crippen LogP contribution in [0, 0.1) is 5.82 Å². The number of anilines is 2. The first-order chi connectivity index (χ1) is 10.2. The van der Waals surface area contributed by atoms with Crippen molar-refractivity contribution in [3.8, 4) is 0 Å². The summed E-state index contributed by atoms with van der Waals surface area (Å²) >= 11 is 1.58. The Hall–Kier alpha value is -2.15. The molecular weight excluding hydrogens is 291 g/mol. The van der Waals surface area contributed by atoms with Gasteiger partial charge < -0.3 is 15.5 Å². The van der Waals surface area contributed by atoms with E-state index in [9.17, 15) is 9.18 Å². The second-order valence-corrected chi connectivity index (χ2v) is 5.67. The molecule has 3 rings (SSSR count). The van der Waals surface area contributed by atoms with Gasteiger partial charge in [0.1, 0.15) is 5.82 Å². The van der Waals surface area contributed by atoms with Crippen LogP contribution in [-0.2, 0) is 0 Å². The summed E-state index contributed by atoms with van der Waals surface area (Å²) in [6.45, 7) is 2.59. The number of nitrogen functional groups attached to an aromatic ring is 1. The molecule has 0 radical (unpaired) electrons. The predicted octanol–water partition coefficient (Wildman–Crippen LogP) is 1.83. The van der Waals surface area contributed by atoms with E-state index >= 15 is 0 Å². The maximum Gasteiger partial charge on any atom is 0.256 e. The SMILES string of the molecule is Nc1c(F)cccc1C(=O)N1CCN(c2nccs2)CC1. The van der Waals surface area contributed by atoms with Crippen molar-refractivity contribution in [2.45, 2.75) is 0 Å². The Bertz CT molecular complexity index is 638. The molecule has 7 heteroatoms. The van der Waals surface area contributed by atoms with Gasteiger partial charge in [-0.05, 0) is 12.1 Å². The first kappa shape index (κ1) is 13.8. The molecule has 0 bridgehead atoms. The van der Waals surface area contributed by atoms with Gasteiger partial charge in [0, 0.05) is 37.8 Å². The lowest BCUT2D eigenvalue weighted by molar-refractivity contribution is 0.0747. The number of nitrogens with zero attached hydrogens (tertiary/aromatic N) is 3. The van der Waals surface area contributed by atoms with E-state index in [1.54, 1.807) is 28.5 Å². The largest absolute Gasteiger partial charge is 0.396 e. The summed E-state index contributed by atoms with van der Waals surface area (Å²) in [7, 11) is 0. The van der Waals surface area contributed by atoms with Crippen molar-refractivity contribution in [2.24, 2.45) is 0 Å². The lowest BCUT2D eigenvalue weighted by Crippen LogP contribution is -2.48. The summed E-state index contributed by atoms with van der Waals surface area (Å²) in [6.07, 6.45) is 1.77. The normalized spacial score (nSPS) is 15.3. The number of benzene rings is 1. The summed E-state index contributed by atoms with van der Waals surface area (Å²) in [4.78, 5) is 20.5. The van der Waals surface area contributed by atoms with Crippen molar-refractivity contribution in [1.29, 1.82) is 0 Å². The third kappa shape index (κ3) is 2.69. The number of halogens is 1. The molecule has 5 nitrogen and oxygen atoms in total. The molecular formula is C14H15FN4OS. The smallest absolute Gasteiger partial charge is 0.256 e. The van der Waals surface area contributed by atoms with Gasteiger partial charge in [0.05, 0.1) is 11.3 Å². The fourth-order valence-electron chi connectivity index (χ4n) is 2.37. The first-order valence-electron chi connectivity index (χ1n) is 6.64. The van der Waals surface area contributed by atoms with Crippen molar-refractivity contribution in [3.63, 3.8) is 0 Å². The fraction of sp³-hybridized carbons (Fsp3) is 0.286. The summed E-state index contributed by atoms with van der Waals surface area (Å²) in [6, 6.07) is 4.32. The third-order valence-electron chi connectivity index (χ3n) is 3.54. The van der Waals surface area contributed by atoms with Crippen molar-refractivity contribution < 1.29 is 9.18 Å². The van der Waals surface area contributed by atoms with Crippen LogP contribution in [0.3, 0.4) is 0 Å². The summed E-state index contributed by atoms with van der Waals surface area (Å²) < 4.78 is 13.4. The van der Waals surface area contributed by atoms with Gasteiger partial charge in [0.25, 0.3) is 5.91 Å². The number of amides is 1. The monoisotopic (exact) mass is 306 g/mol. The van der Waals surface area contributed by atoms with Crippen molar-refractivity contribution >= 4 is 28.1 Å². The highest BCUT2D eigenvalue weighted by atomic mass is 32.1. The van der Waals surface area contributed by atoms with Gasteiger partial charge in [0.2, 0.25) is 0 Å². The molecule has 1 amide bonds. The minimum absolute atomic E-state index is 0.0788. The molecule has 0 aliphatic carbocycles. The summed E-state index contributed by atoms with van der Waals surface area (Å²) in [5.41, 5.74) is 5.81. The summed E-state index contributed by atoms with van der Waals surface area (Å²) in [5, 5.41) is 2.90. The van der Waals surface area contributed by atoms with E-state index < -0.39 is 5.82 Å². The van der Waals surface area contributed by atoms with Crippen molar-refractivity contribution in [1.82, 2.24) is 9.88 Å². The highest BCUT2D eigenvalue weighted by molar-refractivity contribution is 7.13. The molecule has 0 spiro atoms. The number of nitrogens with two attached hydrogens (primary N) is 1. The topological polar surface area (TPSA) is 62.5 Å². The van der Waals surface area contributed by atoms with Crippen LogP contribution in [0.1, 0.15) is 10.4 Å². The molecule has 0 unspecified atom stereocenters. The maximum absolute atomic E-state index is 13.4. The second-order valence-electron chi connectivity index (χ2n) is 4.79. The van der Waals surface area contributed by atoms with Crippen LogP contribution in [0.25, 0.3) is 0 Å². The highest BCUT2D eigenvalue weighted by Gasteiger charge is 2.24. The number of thiazole rings is 1. The van der Waals surface area contributed by atoms with Crippen LogP contribution in [0.15, 0.2) is 29.8 Å². The molecule has 0 saturated carbocycles. The number of hydrogen-bond donors (Lipinski definition) is 1. The van der Waals surface area contributed by atoms with E-state index in [1.807, 2.05) is 5.38 Å². The van der Waals surface area contributed by atoms with Crippen LogP contribution < -0.4 is 10.6 Å². The Morgan fingerprint density at radius 2 is 2.05 bits per heavy atom. The van der Waals surface area contributed by atoms with Crippen LogP contribution >= 0.6 is 11.3 Å². The number of carbonyl (C=O) groups excluding carboxylic acids is 1. The Morgan fingerprint density at radius 3 is 2.71 bits per heavy atom. The molecule has 2 heterocycles. The van der Waals surface area contributed by atoms with Crippen LogP contribution in [0.4, 0.5) is 15.2 Å². The van der Waals surface area contributed by atoms with Gasteiger partial charge in [0.15, 0.2) is 5.13 Å². The van der Waals surface area contributed by atoms with Gasteiger partial charge in [-0.3, -0.25) is 4.79 Å². The maximum atomic E-state index is 13.4. The van der Waals surface area contributed by atoms with Gasteiger partial charge in [-0.25, -0.2) is 9.37 Å². The van der Waals surface area contributed by atoms with E-state index in [-0.39, 0.29) is 17.2 Å². The first-order valence-corrected chi connectivity index (χ1v) is 7.52. The molecule has 21 heavy (non-hydrogen) atoms. The quantitative estimate of drug-likeness (QED) is 0.860. The van der Waals surface area contributed by atoms with Crippen molar-refractivity contribution in [2.75, 3.05) is 36.8 Å². The molecule has 1 saturated heterocycles. The second kappa shape index (κ2) is 5.69. The molecule has 110 valence electrons. The molecule has 1 aromatic carbocycles. The van der Waals surface area contributed by atoms with E-state index in [0.717, 1.165) is 5.13 Å².